The monoisotopic (exact) mass is 399 g/mol. The Hall–Kier alpha value is -2.93. The summed E-state index contributed by atoms with van der Waals surface area (Å²) in [6.45, 7) is 4.27. The second-order valence-corrected chi connectivity index (χ2v) is 7.02. The van der Waals surface area contributed by atoms with Gasteiger partial charge in [-0.15, -0.1) is 0 Å². The Balaban J connectivity index is 1.49. The molecule has 0 atom stereocenters. The fourth-order valence-electron chi connectivity index (χ4n) is 3.43. The first-order valence-corrected chi connectivity index (χ1v) is 9.37. The molecule has 3 heterocycles. The molecule has 28 heavy (non-hydrogen) atoms. The summed E-state index contributed by atoms with van der Waals surface area (Å²) in [5.74, 6) is -0.476. The number of rotatable bonds is 3. The molecule has 1 amide bonds. The maximum absolute atomic E-state index is 14.1. The molecular weight excluding hydrogens is 381 g/mol. The zero-order valence-electron chi connectivity index (χ0n) is 15.3. The highest BCUT2D eigenvalue weighted by atomic mass is 35.5. The highest BCUT2D eigenvalue weighted by molar-refractivity contribution is 6.33. The molecule has 0 aliphatic carbocycles. The summed E-state index contributed by atoms with van der Waals surface area (Å²) in [6.07, 6.45) is 4.84. The van der Waals surface area contributed by atoms with Crippen molar-refractivity contribution in [1.29, 1.82) is 0 Å². The van der Waals surface area contributed by atoms with E-state index in [1.54, 1.807) is 42.4 Å². The highest BCUT2D eigenvalue weighted by Gasteiger charge is 2.26. The number of benzene rings is 1. The predicted octanol–water partition coefficient (Wildman–Crippen LogP) is 3.33. The molecule has 1 aromatic carbocycles. The van der Waals surface area contributed by atoms with E-state index in [1.165, 1.54) is 16.9 Å². The highest BCUT2D eigenvalue weighted by Crippen LogP contribution is 2.26. The van der Waals surface area contributed by atoms with Crippen LogP contribution in [0.15, 0.2) is 48.9 Å². The Labute approximate surface area is 167 Å². The van der Waals surface area contributed by atoms with Gasteiger partial charge in [-0.2, -0.15) is 5.10 Å². The minimum Gasteiger partial charge on any atom is -0.367 e. The number of anilines is 1. The van der Waals surface area contributed by atoms with Crippen molar-refractivity contribution in [3.05, 3.63) is 71.0 Å². The molecule has 0 N–H and O–H groups in total. The van der Waals surface area contributed by atoms with E-state index in [1.807, 2.05) is 6.07 Å². The molecule has 2 aromatic heterocycles. The molecule has 1 aliphatic rings. The molecule has 1 fully saturated rings. The molecule has 3 aromatic rings. The first-order chi connectivity index (χ1) is 13.6. The summed E-state index contributed by atoms with van der Waals surface area (Å²) in [7, 11) is 0. The maximum Gasteiger partial charge on any atom is 0.257 e. The van der Waals surface area contributed by atoms with Crippen LogP contribution in [0.25, 0.3) is 5.69 Å². The van der Waals surface area contributed by atoms with Gasteiger partial charge in [0, 0.05) is 38.6 Å². The average molecular weight is 400 g/mol. The summed E-state index contributed by atoms with van der Waals surface area (Å²) >= 11 is 6.22. The first kappa shape index (κ1) is 18.4. The van der Waals surface area contributed by atoms with Crippen LogP contribution in [-0.2, 0) is 0 Å². The van der Waals surface area contributed by atoms with Crippen LogP contribution in [0.5, 0.6) is 0 Å². The lowest BCUT2D eigenvalue weighted by Gasteiger charge is -2.36. The Morgan fingerprint density at radius 2 is 1.82 bits per heavy atom. The molecule has 6 nitrogen and oxygen atoms in total. The van der Waals surface area contributed by atoms with E-state index in [-0.39, 0.29) is 11.7 Å². The minimum atomic E-state index is -0.379. The van der Waals surface area contributed by atoms with Crippen molar-refractivity contribution >= 4 is 23.2 Å². The van der Waals surface area contributed by atoms with E-state index >= 15 is 0 Å². The number of aromatic nitrogens is 3. The summed E-state index contributed by atoms with van der Waals surface area (Å²) < 4.78 is 15.5. The van der Waals surface area contributed by atoms with E-state index in [4.69, 9.17) is 11.6 Å². The van der Waals surface area contributed by atoms with E-state index in [0.29, 0.717) is 48.1 Å². The summed E-state index contributed by atoms with van der Waals surface area (Å²) in [5.41, 5.74) is 2.36. The number of hydrogen-bond acceptors (Lipinski definition) is 4. The molecule has 1 aliphatic heterocycles. The van der Waals surface area contributed by atoms with E-state index in [9.17, 15) is 9.18 Å². The zero-order chi connectivity index (χ0) is 19.7. The molecule has 144 valence electrons. The van der Waals surface area contributed by atoms with Crippen LogP contribution < -0.4 is 4.90 Å². The number of pyridine rings is 1. The second kappa shape index (κ2) is 7.59. The van der Waals surface area contributed by atoms with E-state index < -0.39 is 0 Å². The summed E-state index contributed by atoms with van der Waals surface area (Å²) in [6, 6.07) is 8.26. The molecule has 0 radical (unpaired) electrons. The van der Waals surface area contributed by atoms with Crippen LogP contribution in [-0.4, -0.2) is 51.8 Å². The SMILES string of the molecule is Cc1c(C(=O)N2CCN(c3ccncc3Cl)CC2)cnn1-c1ccccc1F. The van der Waals surface area contributed by atoms with Crippen molar-refractivity contribution in [2.75, 3.05) is 31.1 Å². The molecule has 0 bridgehead atoms. The van der Waals surface area contributed by atoms with Crippen molar-refractivity contribution in [2.45, 2.75) is 6.92 Å². The smallest absolute Gasteiger partial charge is 0.257 e. The molecule has 4 rings (SSSR count). The fraction of sp³-hybridized carbons (Fsp3) is 0.250. The third-order valence-corrected chi connectivity index (χ3v) is 5.27. The third kappa shape index (κ3) is 3.33. The number of halogens is 2. The normalized spacial score (nSPS) is 14.4. The molecule has 0 unspecified atom stereocenters. The number of nitrogens with zero attached hydrogens (tertiary/aromatic N) is 5. The Kier molecular flexibility index (Phi) is 5.00. The maximum atomic E-state index is 14.1. The fourth-order valence-corrected chi connectivity index (χ4v) is 3.67. The van der Waals surface area contributed by atoms with Gasteiger partial charge >= 0.3 is 0 Å². The van der Waals surface area contributed by atoms with Crippen molar-refractivity contribution in [3.8, 4) is 5.69 Å². The van der Waals surface area contributed by atoms with Gasteiger partial charge in [-0.05, 0) is 25.1 Å². The van der Waals surface area contributed by atoms with Crippen LogP contribution in [0, 0.1) is 12.7 Å². The van der Waals surface area contributed by atoms with Crippen molar-refractivity contribution in [1.82, 2.24) is 19.7 Å². The summed E-state index contributed by atoms with van der Waals surface area (Å²) in [4.78, 5) is 20.9. The van der Waals surface area contributed by atoms with Gasteiger partial charge in [-0.25, -0.2) is 9.07 Å². The Bertz CT molecular complexity index is 1010. The Morgan fingerprint density at radius 3 is 2.54 bits per heavy atom. The van der Waals surface area contributed by atoms with Crippen LogP contribution >= 0.6 is 11.6 Å². The van der Waals surface area contributed by atoms with Gasteiger partial charge in [-0.3, -0.25) is 9.78 Å². The number of hydrogen-bond donors (Lipinski definition) is 0. The van der Waals surface area contributed by atoms with Gasteiger partial charge in [0.25, 0.3) is 5.91 Å². The number of carbonyl (C=O) groups is 1. The van der Waals surface area contributed by atoms with Crippen molar-refractivity contribution in [2.24, 2.45) is 0 Å². The van der Waals surface area contributed by atoms with E-state index in [2.05, 4.69) is 15.0 Å². The molecule has 8 heteroatoms. The van der Waals surface area contributed by atoms with E-state index in [0.717, 1.165) is 5.69 Å². The van der Waals surface area contributed by atoms with Crippen LogP contribution in [0.4, 0.5) is 10.1 Å². The Morgan fingerprint density at radius 1 is 1.07 bits per heavy atom. The van der Waals surface area contributed by atoms with Gasteiger partial charge in [0.15, 0.2) is 0 Å². The summed E-state index contributed by atoms with van der Waals surface area (Å²) in [5, 5.41) is 4.83. The number of amides is 1. The van der Waals surface area contributed by atoms with Crippen LogP contribution in [0.1, 0.15) is 16.1 Å². The van der Waals surface area contributed by atoms with Gasteiger partial charge in [0.05, 0.1) is 28.2 Å². The van der Waals surface area contributed by atoms with Gasteiger partial charge in [0.1, 0.15) is 11.5 Å². The largest absolute Gasteiger partial charge is 0.367 e. The lowest BCUT2D eigenvalue weighted by molar-refractivity contribution is 0.0746. The number of carbonyl (C=O) groups excluding carboxylic acids is 1. The molecular formula is C20H19ClFN5O. The molecule has 1 saturated heterocycles. The quantitative estimate of drug-likeness (QED) is 0.678. The number of piperazine rings is 1. The van der Waals surface area contributed by atoms with Gasteiger partial charge in [-0.1, -0.05) is 23.7 Å². The molecule has 0 spiro atoms. The minimum absolute atomic E-state index is 0.0967. The van der Waals surface area contributed by atoms with Gasteiger partial charge in [0.2, 0.25) is 0 Å². The molecule has 0 saturated carbocycles. The van der Waals surface area contributed by atoms with Crippen LogP contribution in [0.3, 0.4) is 0 Å². The first-order valence-electron chi connectivity index (χ1n) is 8.99. The van der Waals surface area contributed by atoms with Crippen LogP contribution in [0.2, 0.25) is 5.02 Å². The average Bonchev–Trinajstić information content (AvgIpc) is 3.09. The second-order valence-electron chi connectivity index (χ2n) is 6.61. The standard InChI is InChI=1S/C20H19ClFN5O/c1-14-15(12-24-27(14)19-5-3-2-4-17(19)22)20(28)26-10-8-25(9-11-26)18-6-7-23-13-16(18)21/h2-7,12-13H,8-11H2,1H3. The van der Waals surface area contributed by atoms with Crippen molar-refractivity contribution < 1.29 is 9.18 Å². The lowest BCUT2D eigenvalue weighted by Crippen LogP contribution is -2.49. The predicted molar refractivity (Wildman–Crippen MR) is 106 cm³/mol. The van der Waals surface area contributed by atoms with Crippen molar-refractivity contribution in [3.63, 3.8) is 0 Å². The van der Waals surface area contributed by atoms with Gasteiger partial charge < -0.3 is 9.80 Å². The number of para-hydroxylation sites is 1. The lowest BCUT2D eigenvalue weighted by atomic mass is 10.2. The topological polar surface area (TPSA) is 54.3 Å². The third-order valence-electron chi connectivity index (χ3n) is 4.98. The zero-order valence-corrected chi connectivity index (χ0v) is 16.1.